The molecule has 3 aliphatic carbocycles. The highest BCUT2D eigenvalue weighted by atomic mass is 15.0. The molecule has 0 bridgehead atoms. The fourth-order valence-corrected chi connectivity index (χ4v) is 8.21. The first-order valence-electron chi connectivity index (χ1n) is 18.1. The van der Waals surface area contributed by atoms with Gasteiger partial charge in [0.1, 0.15) is 5.82 Å². The normalized spacial score (nSPS) is 17.9. The van der Waals surface area contributed by atoms with E-state index in [1.807, 2.05) is 6.20 Å². The molecule has 5 aromatic carbocycles. The Labute approximate surface area is 297 Å². The molecule has 3 aliphatic rings. The molecule has 0 radical (unpaired) electrons. The summed E-state index contributed by atoms with van der Waals surface area (Å²) in [4.78, 5) is 20.8. The summed E-state index contributed by atoms with van der Waals surface area (Å²) in [6.07, 6.45) is 21.7. The van der Waals surface area contributed by atoms with Gasteiger partial charge in [-0.3, -0.25) is 4.98 Å². The zero-order valence-corrected chi connectivity index (χ0v) is 28.6. The Kier molecular flexibility index (Phi) is 7.09. The van der Waals surface area contributed by atoms with E-state index in [-0.39, 0.29) is 5.92 Å². The molecule has 7 aromatic rings. The predicted octanol–water partition coefficient (Wildman–Crippen LogP) is 11.4. The zero-order valence-electron chi connectivity index (χ0n) is 28.6. The highest BCUT2D eigenvalue weighted by Crippen LogP contribution is 2.39. The Morgan fingerprint density at radius 2 is 1.37 bits per heavy atom. The highest BCUT2D eigenvalue weighted by Gasteiger charge is 2.23. The summed E-state index contributed by atoms with van der Waals surface area (Å²) >= 11 is 0. The lowest BCUT2D eigenvalue weighted by Gasteiger charge is -2.20. The van der Waals surface area contributed by atoms with Crippen LogP contribution >= 0.6 is 0 Å². The number of aromatic nitrogens is 4. The topological polar surface area (TPSA) is 51.6 Å². The fraction of sp³-hybridized carbons (Fsp3) is 0.149. The van der Waals surface area contributed by atoms with E-state index >= 15 is 0 Å². The molecule has 2 atom stereocenters. The number of pyridine rings is 1. The number of hydrogen-bond donors (Lipinski definition) is 0. The highest BCUT2D eigenvalue weighted by molar-refractivity contribution is 6.13. The maximum Gasteiger partial charge on any atom is 0.164 e. The van der Waals surface area contributed by atoms with Crippen LogP contribution in [0.1, 0.15) is 59.5 Å². The largest absolute Gasteiger partial charge is 0.256 e. The van der Waals surface area contributed by atoms with Crippen molar-refractivity contribution in [3.8, 4) is 22.8 Å². The molecule has 0 fully saturated rings. The third kappa shape index (κ3) is 5.21. The van der Waals surface area contributed by atoms with E-state index in [1.54, 1.807) is 0 Å². The molecular weight excluding hydrogens is 621 g/mol. The standard InChI is InChI=1S/C47H36N4/c1-29-18-23-44-34(24-29)25-35(28-48-44)30-19-21-31(22-20-30)45-49-46(42-26-32-10-2-4-12-36(32)38-14-6-8-16-40(38)42)51-47(50-45)43-27-33-11-3-5-13-37(33)39-15-7-9-17-41(39)43/h2,4-10,12-21,23,25-29,31H,3,11,22,24H2,1H3. The van der Waals surface area contributed by atoms with E-state index in [0.29, 0.717) is 11.7 Å². The summed E-state index contributed by atoms with van der Waals surface area (Å²) in [5.74, 6) is 2.78. The molecule has 10 rings (SSSR count). The zero-order chi connectivity index (χ0) is 33.9. The lowest BCUT2D eigenvalue weighted by atomic mass is 9.88. The Morgan fingerprint density at radius 3 is 2.18 bits per heavy atom. The summed E-state index contributed by atoms with van der Waals surface area (Å²) in [7, 11) is 0. The van der Waals surface area contributed by atoms with Gasteiger partial charge in [-0.2, -0.15) is 0 Å². The molecule has 0 N–H and O–H groups in total. The molecule has 0 amide bonds. The number of rotatable bonds is 4. The SMILES string of the molecule is CC1C=Cc2ncc(C3=CCC(c4nc(-c5cc6c(c7ccccc57)C=CCC6)nc(-c5cc6ccccc6c6ccccc56)n4)C=C3)cc2C1. The van der Waals surface area contributed by atoms with Gasteiger partial charge in [0.2, 0.25) is 0 Å². The number of nitrogens with zero attached hydrogens (tertiary/aromatic N) is 4. The second-order valence-corrected chi connectivity index (χ2v) is 14.2. The van der Waals surface area contributed by atoms with Crippen LogP contribution in [0, 0.1) is 5.92 Å². The summed E-state index contributed by atoms with van der Waals surface area (Å²) in [6.45, 7) is 2.26. The van der Waals surface area contributed by atoms with Crippen LogP contribution in [0.5, 0.6) is 0 Å². The van der Waals surface area contributed by atoms with Gasteiger partial charge in [-0.1, -0.05) is 116 Å². The van der Waals surface area contributed by atoms with Gasteiger partial charge >= 0.3 is 0 Å². The van der Waals surface area contributed by atoms with Crippen LogP contribution in [0.25, 0.3) is 72.8 Å². The lowest BCUT2D eigenvalue weighted by Crippen LogP contribution is -2.10. The lowest BCUT2D eigenvalue weighted by molar-refractivity contribution is 0.712. The van der Waals surface area contributed by atoms with Crippen molar-refractivity contribution in [1.82, 2.24) is 19.9 Å². The van der Waals surface area contributed by atoms with E-state index in [1.165, 1.54) is 54.8 Å². The average molecular weight is 657 g/mol. The van der Waals surface area contributed by atoms with Crippen LogP contribution < -0.4 is 0 Å². The maximum atomic E-state index is 5.34. The van der Waals surface area contributed by atoms with Crippen molar-refractivity contribution in [1.29, 1.82) is 0 Å². The number of aryl methyl sites for hydroxylation is 1. The molecule has 0 spiro atoms. The Hall–Kier alpha value is -6.00. The minimum Gasteiger partial charge on any atom is -0.256 e. The minimum atomic E-state index is 0.0151. The van der Waals surface area contributed by atoms with E-state index in [9.17, 15) is 0 Å². The van der Waals surface area contributed by atoms with Crippen LogP contribution in [0.15, 0.2) is 128 Å². The molecule has 2 unspecified atom stereocenters. The molecular formula is C47H36N4. The Morgan fingerprint density at radius 1 is 0.647 bits per heavy atom. The van der Waals surface area contributed by atoms with Gasteiger partial charge in [0.15, 0.2) is 11.6 Å². The summed E-state index contributed by atoms with van der Waals surface area (Å²) in [5.41, 5.74) is 9.53. The van der Waals surface area contributed by atoms with Gasteiger partial charge in [0.25, 0.3) is 0 Å². The first kappa shape index (κ1) is 29.9. The third-order valence-electron chi connectivity index (χ3n) is 10.8. The molecule has 244 valence electrons. The molecule has 0 aliphatic heterocycles. The van der Waals surface area contributed by atoms with Crippen molar-refractivity contribution in [2.75, 3.05) is 0 Å². The van der Waals surface area contributed by atoms with Crippen LogP contribution in [0.3, 0.4) is 0 Å². The summed E-state index contributed by atoms with van der Waals surface area (Å²) < 4.78 is 0. The molecule has 4 nitrogen and oxygen atoms in total. The minimum absolute atomic E-state index is 0.0151. The monoisotopic (exact) mass is 656 g/mol. The van der Waals surface area contributed by atoms with Gasteiger partial charge in [-0.25, -0.2) is 15.0 Å². The van der Waals surface area contributed by atoms with Crippen molar-refractivity contribution in [2.45, 2.75) is 38.5 Å². The third-order valence-corrected chi connectivity index (χ3v) is 10.8. The summed E-state index contributed by atoms with van der Waals surface area (Å²) in [5, 5.41) is 7.16. The average Bonchev–Trinajstić information content (AvgIpc) is 3.20. The van der Waals surface area contributed by atoms with Crippen LogP contribution in [0.4, 0.5) is 0 Å². The van der Waals surface area contributed by atoms with Crippen LogP contribution in [-0.4, -0.2) is 19.9 Å². The van der Waals surface area contributed by atoms with E-state index in [0.717, 1.165) is 59.5 Å². The quantitative estimate of drug-likeness (QED) is 0.177. The molecule has 0 saturated carbocycles. The van der Waals surface area contributed by atoms with Gasteiger partial charge in [-0.15, -0.1) is 0 Å². The molecule has 0 saturated heterocycles. The number of hydrogen-bond acceptors (Lipinski definition) is 4. The fourth-order valence-electron chi connectivity index (χ4n) is 8.21. The van der Waals surface area contributed by atoms with E-state index < -0.39 is 0 Å². The van der Waals surface area contributed by atoms with Crippen LogP contribution in [-0.2, 0) is 12.8 Å². The predicted molar refractivity (Wildman–Crippen MR) is 211 cm³/mol. The number of fused-ring (bicyclic) bond motifs is 7. The van der Waals surface area contributed by atoms with Crippen molar-refractivity contribution >= 4 is 50.0 Å². The van der Waals surface area contributed by atoms with E-state index in [2.05, 4.69) is 140 Å². The van der Waals surface area contributed by atoms with Crippen molar-refractivity contribution in [2.24, 2.45) is 5.92 Å². The molecule has 4 heteroatoms. The Bertz CT molecular complexity index is 2680. The smallest absolute Gasteiger partial charge is 0.164 e. The van der Waals surface area contributed by atoms with Crippen molar-refractivity contribution in [3.05, 3.63) is 161 Å². The first-order chi connectivity index (χ1) is 25.2. The number of allylic oxidation sites excluding steroid dienone is 6. The second kappa shape index (κ2) is 12.1. The Balaban J connectivity index is 1.13. The molecule has 2 aromatic heterocycles. The van der Waals surface area contributed by atoms with Gasteiger partial charge in [-0.05, 0) is 116 Å². The summed E-state index contributed by atoms with van der Waals surface area (Å²) in [6, 6.07) is 32.8. The van der Waals surface area contributed by atoms with Crippen molar-refractivity contribution in [3.63, 3.8) is 0 Å². The van der Waals surface area contributed by atoms with Crippen LogP contribution in [0.2, 0.25) is 0 Å². The van der Waals surface area contributed by atoms with Gasteiger partial charge in [0.05, 0.1) is 5.69 Å². The molecule has 2 heterocycles. The van der Waals surface area contributed by atoms with Gasteiger partial charge < -0.3 is 0 Å². The van der Waals surface area contributed by atoms with Crippen molar-refractivity contribution < 1.29 is 0 Å². The number of benzene rings is 5. The van der Waals surface area contributed by atoms with E-state index in [4.69, 9.17) is 19.9 Å². The first-order valence-corrected chi connectivity index (χ1v) is 18.1. The second-order valence-electron chi connectivity index (χ2n) is 14.2. The van der Waals surface area contributed by atoms with Gasteiger partial charge in [0, 0.05) is 23.2 Å². The molecule has 51 heavy (non-hydrogen) atoms. The maximum absolute atomic E-state index is 5.34.